The molecule has 0 fully saturated rings. The molecule has 24 heavy (non-hydrogen) atoms. The Labute approximate surface area is 148 Å². The Bertz CT molecular complexity index is 954. The quantitative estimate of drug-likeness (QED) is 0.690. The summed E-state index contributed by atoms with van der Waals surface area (Å²) in [6, 6.07) is 12.2. The minimum absolute atomic E-state index is 0.0432. The van der Waals surface area contributed by atoms with Crippen LogP contribution in [-0.4, -0.2) is 27.3 Å². The summed E-state index contributed by atoms with van der Waals surface area (Å²) in [5.74, 6) is 0.0432. The van der Waals surface area contributed by atoms with Gasteiger partial charge in [0.25, 0.3) is 5.91 Å². The maximum absolute atomic E-state index is 12.5. The Morgan fingerprint density at radius 2 is 2.04 bits per heavy atom. The van der Waals surface area contributed by atoms with Crippen LogP contribution in [0.25, 0.3) is 10.9 Å². The second kappa shape index (κ2) is 5.98. The van der Waals surface area contributed by atoms with Crippen LogP contribution in [0.1, 0.15) is 27.3 Å². The van der Waals surface area contributed by atoms with E-state index in [0.29, 0.717) is 18.7 Å². The van der Waals surface area contributed by atoms with Gasteiger partial charge in [-0.1, -0.05) is 18.2 Å². The fraction of sp³-hybridized carbons (Fsp3) is 0.211. The summed E-state index contributed by atoms with van der Waals surface area (Å²) in [4.78, 5) is 23.4. The van der Waals surface area contributed by atoms with Crippen molar-refractivity contribution >= 4 is 32.7 Å². The molecular formula is C19H16BrN3O. The summed E-state index contributed by atoms with van der Waals surface area (Å²) in [5, 5.41) is 1.14. The Balaban J connectivity index is 1.52. The molecule has 5 heteroatoms. The van der Waals surface area contributed by atoms with Crippen LogP contribution in [0.3, 0.4) is 0 Å². The molecule has 1 aliphatic rings. The third-order valence-electron chi connectivity index (χ3n) is 4.36. The number of carbonyl (C=O) groups excluding carboxylic acids is 1. The van der Waals surface area contributed by atoms with Crippen molar-refractivity contribution in [1.29, 1.82) is 0 Å². The van der Waals surface area contributed by atoms with E-state index in [1.807, 2.05) is 17.0 Å². The lowest BCUT2D eigenvalue weighted by Gasteiger charge is -2.15. The Morgan fingerprint density at radius 1 is 1.21 bits per heavy atom. The molecule has 120 valence electrons. The van der Waals surface area contributed by atoms with Gasteiger partial charge in [-0.25, -0.2) is 0 Å². The van der Waals surface area contributed by atoms with E-state index < -0.39 is 0 Å². The van der Waals surface area contributed by atoms with Crippen LogP contribution in [-0.2, 0) is 13.0 Å². The van der Waals surface area contributed by atoms with Gasteiger partial charge in [0.05, 0.1) is 23.3 Å². The number of hydrogen-bond donors (Lipinski definition) is 0. The number of rotatable bonds is 3. The lowest BCUT2D eigenvalue weighted by molar-refractivity contribution is 0.0779. The number of aromatic nitrogens is 2. The van der Waals surface area contributed by atoms with E-state index in [2.05, 4.69) is 52.1 Å². The number of carbonyl (C=O) groups is 1. The summed E-state index contributed by atoms with van der Waals surface area (Å²) in [6.45, 7) is 3.28. The fourth-order valence-corrected chi connectivity index (χ4v) is 3.59. The Hall–Kier alpha value is -2.27. The minimum Gasteiger partial charge on any atom is -0.332 e. The van der Waals surface area contributed by atoms with Gasteiger partial charge in [-0.15, -0.1) is 0 Å². The molecule has 0 unspecified atom stereocenters. The number of hydrogen-bond acceptors (Lipinski definition) is 3. The largest absolute Gasteiger partial charge is 0.332 e. The molecule has 0 atom stereocenters. The fourth-order valence-electron chi connectivity index (χ4n) is 3.07. The summed E-state index contributed by atoms with van der Waals surface area (Å²) in [5.41, 5.74) is 4.75. The van der Waals surface area contributed by atoms with Crippen LogP contribution >= 0.6 is 15.9 Å². The molecule has 0 aliphatic carbocycles. The number of benzene rings is 1. The van der Waals surface area contributed by atoms with Gasteiger partial charge in [-0.3, -0.25) is 14.8 Å². The molecule has 0 N–H and O–H groups in total. The number of fused-ring (bicyclic) bond motifs is 2. The number of pyridine rings is 2. The molecule has 0 saturated carbocycles. The smallest absolute Gasteiger partial charge is 0.257 e. The number of aryl methyl sites for hydroxylation is 1. The van der Waals surface area contributed by atoms with Crippen LogP contribution in [0.2, 0.25) is 0 Å². The van der Waals surface area contributed by atoms with Gasteiger partial charge in [0, 0.05) is 34.7 Å². The molecule has 4 nitrogen and oxygen atoms in total. The first kappa shape index (κ1) is 15.3. The second-order valence-corrected chi connectivity index (χ2v) is 6.94. The van der Waals surface area contributed by atoms with Crippen molar-refractivity contribution in [3.8, 4) is 0 Å². The topological polar surface area (TPSA) is 46.1 Å². The maximum Gasteiger partial charge on any atom is 0.257 e. The monoisotopic (exact) mass is 381 g/mol. The van der Waals surface area contributed by atoms with E-state index in [9.17, 15) is 4.79 Å². The van der Waals surface area contributed by atoms with Gasteiger partial charge in [-0.2, -0.15) is 0 Å². The van der Waals surface area contributed by atoms with E-state index in [1.165, 1.54) is 5.56 Å². The second-order valence-electron chi connectivity index (χ2n) is 6.09. The SMILES string of the molecule is Cc1ccc2ccc(CCN3Cc4nccc(Br)c4C3=O)nc2c1. The van der Waals surface area contributed by atoms with Gasteiger partial charge in [-0.05, 0) is 46.6 Å². The summed E-state index contributed by atoms with van der Waals surface area (Å²) < 4.78 is 0.819. The molecule has 2 aromatic heterocycles. The molecule has 3 aromatic rings. The third-order valence-corrected chi connectivity index (χ3v) is 5.02. The first-order chi connectivity index (χ1) is 11.6. The van der Waals surface area contributed by atoms with E-state index >= 15 is 0 Å². The van der Waals surface area contributed by atoms with Crippen LogP contribution in [0.5, 0.6) is 0 Å². The van der Waals surface area contributed by atoms with Crippen molar-refractivity contribution in [3.63, 3.8) is 0 Å². The van der Waals surface area contributed by atoms with Gasteiger partial charge in [0.1, 0.15) is 0 Å². The van der Waals surface area contributed by atoms with Crippen molar-refractivity contribution in [2.24, 2.45) is 0 Å². The zero-order valence-electron chi connectivity index (χ0n) is 13.3. The lowest BCUT2D eigenvalue weighted by atomic mass is 10.1. The molecule has 1 aromatic carbocycles. The molecule has 0 saturated heterocycles. The molecule has 4 rings (SSSR count). The van der Waals surface area contributed by atoms with Gasteiger partial charge in [0.2, 0.25) is 0 Å². The van der Waals surface area contributed by atoms with E-state index in [0.717, 1.165) is 33.2 Å². The van der Waals surface area contributed by atoms with Crippen molar-refractivity contribution in [2.75, 3.05) is 6.54 Å². The standard InChI is InChI=1S/C19H16BrN3O/c1-12-2-3-13-4-5-14(22-16(13)10-12)7-9-23-11-17-18(19(23)24)15(20)6-8-21-17/h2-6,8,10H,7,9,11H2,1H3. The molecule has 0 radical (unpaired) electrons. The minimum atomic E-state index is 0.0432. The third kappa shape index (κ3) is 2.69. The van der Waals surface area contributed by atoms with Crippen LogP contribution < -0.4 is 0 Å². The predicted octanol–water partition coefficient (Wildman–Crippen LogP) is 3.90. The average molecular weight is 382 g/mol. The zero-order chi connectivity index (χ0) is 16.7. The Morgan fingerprint density at radius 3 is 2.88 bits per heavy atom. The summed E-state index contributed by atoms with van der Waals surface area (Å²) in [7, 11) is 0. The van der Waals surface area contributed by atoms with Gasteiger partial charge < -0.3 is 4.90 Å². The first-order valence-electron chi connectivity index (χ1n) is 7.91. The molecule has 3 heterocycles. The van der Waals surface area contributed by atoms with Crippen molar-refractivity contribution in [3.05, 3.63) is 69.6 Å². The number of nitrogens with zero attached hydrogens (tertiary/aromatic N) is 3. The zero-order valence-corrected chi connectivity index (χ0v) is 14.9. The molecular weight excluding hydrogens is 366 g/mol. The highest BCUT2D eigenvalue weighted by molar-refractivity contribution is 9.10. The first-order valence-corrected chi connectivity index (χ1v) is 8.70. The van der Waals surface area contributed by atoms with Crippen LogP contribution in [0.15, 0.2) is 47.1 Å². The van der Waals surface area contributed by atoms with Gasteiger partial charge >= 0.3 is 0 Å². The number of amides is 1. The van der Waals surface area contributed by atoms with Crippen LogP contribution in [0.4, 0.5) is 0 Å². The highest BCUT2D eigenvalue weighted by Crippen LogP contribution is 2.27. The van der Waals surface area contributed by atoms with E-state index in [-0.39, 0.29) is 5.91 Å². The summed E-state index contributed by atoms with van der Waals surface area (Å²) in [6.07, 6.45) is 2.47. The van der Waals surface area contributed by atoms with Crippen molar-refractivity contribution in [2.45, 2.75) is 19.9 Å². The molecule has 0 spiro atoms. The van der Waals surface area contributed by atoms with E-state index in [1.54, 1.807) is 6.20 Å². The highest BCUT2D eigenvalue weighted by atomic mass is 79.9. The highest BCUT2D eigenvalue weighted by Gasteiger charge is 2.30. The molecule has 1 aliphatic heterocycles. The number of halogens is 1. The van der Waals surface area contributed by atoms with Crippen molar-refractivity contribution in [1.82, 2.24) is 14.9 Å². The normalized spacial score (nSPS) is 13.6. The van der Waals surface area contributed by atoms with Gasteiger partial charge in [0.15, 0.2) is 0 Å². The lowest BCUT2D eigenvalue weighted by Crippen LogP contribution is -2.26. The van der Waals surface area contributed by atoms with Crippen LogP contribution in [0, 0.1) is 6.92 Å². The predicted molar refractivity (Wildman–Crippen MR) is 96.9 cm³/mol. The Kier molecular flexibility index (Phi) is 3.81. The van der Waals surface area contributed by atoms with E-state index in [4.69, 9.17) is 4.98 Å². The molecule has 1 amide bonds. The van der Waals surface area contributed by atoms with Crippen molar-refractivity contribution < 1.29 is 4.79 Å². The summed E-state index contributed by atoms with van der Waals surface area (Å²) >= 11 is 3.45. The average Bonchev–Trinajstić information content (AvgIpc) is 2.90. The molecule has 0 bridgehead atoms. The maximum atomic E-state index is 12.5.